The first-order valence-electron chi connectivity index (χ1n) is 9.05. The van der Waals surface area contributed by atoms with Gasteiger partial charge in [-0.05, 0) is 24.6 Å². The van der Waals surface area contributed by atoms with Crippen LogP contribution in [0, 0.1) is 6.92 Å². The van der Waals surface area contributed by atoms with Crippen molar-refractivity contribution in [3.8, 4) is 11.5 Å². The zero-order chi connectivity index (χ0) is 19.7. The Hall–Kier alpha value is -3.07. The molecular weight excluding hydrogens is 366 g/mol. The van der Waals surface area contributed by atoms with E-state index in [-0.39, 0.29) is 44.5 Å². The number of β-amino-alcohol motifs (C(OH)–C–C–N with tert-alkyl or cyclic N) is 1. The standard InChI is InChI=1S/C19H21N3O6/c1-11-4-14(28-21-11)7-18(24)22-9-13(23)6-15(22)19(25)20-8-12-2-3-16-17(5-12)27-10-26-16/h2-5,13,15,23H,6-10H2,1H3,(H,20,25)/t13?,15-/m0/s1. The SMILES string of the molecule is Cc1cc(CC(=O)N2CC(O)C[C@H]2C(=O)NCc2ccc3c(c2)OCO3)on1. The Balaban J connectivity index is 1.38. The maximum absolute atomic E-state index is 12.7. The molecule has 1 aromatic heterocycles. The minimum atomic E-state index is -0.735. The van der Waals surface area contributed by atoms with E-state index in [0.717, 1.165) is 5.56 Å². The number of benzene rings is 1. The van der Waals surface area contributed by atoms with Crippen molar-refractivity contribution in [3.63, 3.8) is 0 Å². The molecule has 2 aliphatic heterocycles. The summed E-state index contributed by atoms with van der Waals surface area (Å²) in [6.45, 7) is 2.36. The molecule has 3 heterocycles. The fourth-order valence-electron chi connectivity index (χ4n) is 3.45. The van der Waals surface area contributed by atoms with Gasteiger partial charge in [0.05, 0.1) is 18.2 Å². The molecule has 0 aliphatic carbocycles. The Bertz CT molecular complexity index is 896. The number of aryl methyl sites for hydroxylation is 1. The van der Waals surface area contributed by atoms with Gasteiger partial charge in [0, 0.05) is 25.6 Å². The molecule has 2 N–H and O–H groups in total. The molecule has 1 unspecified atom stereocenters. The largest absolute Gasteiger partial charge is 0.454 e. The van der Waals surface area contributed by atoms with Crippen molar-refractivity contribution in [3.05, 3.63) is 41.3 Å². The summed E-state index contributed by atoms with van der Waals surface area (Å²) in [5, 5.41) is 16.6. The number of nitrogens with zero attached hydrogens (tertiary/aromatic N) is 2. The van der Waals surface area contributed by atoms with E-state index in [1.165, 1.54) is 4.90 Å². The van der Waals surface area contributed by atoms with Gasteiger partial charge >= 0.3 is 0 Å². The molecular formula is C19H21N3O6. The van der Waals surface area contributed by atoms with Gasteiger partial charge in [0.1, 0.15) is 11.8 Å². The molecule has 2 aromatic rings. The molecule has 2 atom stereocenters. The Morgan fingerprint density at radius 2 is 2.11 bits per heavy atom. The zero-order valence-corrected chi connectivity index (χ0v) is 15.4. The number of rotatable bonds is 5. The molecule has 0 spiro atoms. The van der Waals surface area contributed by atoms with E-state index in [9.17, 15) is 14.7 Å². The van der Waals surface area contributed by atoms with Crippen LogP contribution in [0.15, 0.2) is 28.8 Å². The van der Waals surface area contributed by atoms with Gasteiger partial charge in [-0.2, -0.15) is 0 Å². The summed E-state index contributed by atoms with van der Waals surface area (Å²) in [5.74, 6) is 1.16. The maximum Gasteiger partial charge on any atom is 0.243 e. The molecule has 1 aromatic carbocycles. The Labute approximate surface area is 161 Å². The summed E-state index contributed by atoms with van der Waals surface area (Å²) in [5.41, 5.74) is 1.54. The van der Waals surface area contributed by atoms with Crippen molar-refractivity contribution < 1.29 is 28.7 Å². The van der Waals surface area contributed by atoms with Crippen molar-refractivity contribution in [2.24, 2.45) is 0 Å². The van der Waals surface area contributed by atoms with E-state index in [0.29, 0.717) is 23.0 Å². The fourth-order valence-corrected chi connectivity index (χ4v) is 3.45. The summed E-state index contributed by atoms with van der Waals surface area (Å²) < 4.78 is 15.7. The Morgan fingerprint density at radius 1 is 1.29 bits per heavy atom. The first-order chi connectivity index (χ1) is 13.5. The van der Waals surface area contributed by atoms with Gasteiger partial charge in [-0.1, -0.05) is 11.2 Å². The molecule has 1 saturated heterocycles. The number of hydrogen-bond acceptors (Lipinski definition) is 7. The molecule has 2 amide bonds. The number of likely N-dealkylation sites (tertiary alicyclic amines) is 1. The normalized spacial score (nSPS) is 20.4. The van der Waals surface area contributed by atoms with Crippen LogP contribution in [0.1, 0.15) is 23.4 Å². The Kier molecular flexibility index (Phi) is 4.91. The van der Waals surface area contributed by atoms with Crippen LogP contribution in [-0.4, -0.2) is 52.5 Å². The highest BCUT2D eigenvalue weighted by molar-refractivity contribution is 5.89. The van der Waals surface area contributed by atoms with Gasteiger partial charge in [0.15, 0.2) is 11.5 Å². The number of amides is 2. The number of aromatic nitrogens is 1. The molecule has 28 heavy (non-hydrogen) atoms. The Morgan fingerprint density at radius 3 is 2.89 bits per heavy atom. The lowest BCUT2D eigenvalue weighted by atomic mass is 10.1. The monoisotopic (exact) mass is 387 g/mol. The number of carbonyl (C=O) groups is 2. The molecule has 4 rings (SSSR count). The summed E-state index contributed by atoms with van der Waals surface area (Å²) in [7, 11) is 0. The number of carbonyl (C=O) groups excluding carboxylic acids is 2. The van der Waals surface area contributed by atoms with Gasteiger partial charge < -0.3 is 29.3 Å². The van der Waals surface area contributed by atoms with Crippen LogP contribution >= 0.6 is 0 Å². The second-order valence-corrected chi connectivity index (χ2v) is 6.97. The van der Waals surface area contributed by atoms with E-state index >= 15 is 0 Å². The number of aliphatic hydroxyl groups excluding tert-OH is 1. The highest BCUT2D eigenvalue weighted by Gasteiger charge is 2.38. The summed E-state index contributed by atoms with van der Waals surface area (Å²) in [6.07, 6.45) is -0.533. The van der Waals surface area contributed by atoms with Gasteiger partial charge in [-0.3, -0.25) is 9.59 Å². The average Bonchev–Trinajstić information content (AvgIpc) is 3.39. The van der Waals surface area contributed by atoms with Gasteiger partial charge in [0.25, 0.3) is 0 Å². The molecule has 9 nitrogen and oxygen atoms in total. The van der Waals surface area contributed by atoms with Gasteiger partial charge in [0.2, 0.25) is 18.6 Å². The van der Waals surface area contributed by atoms with E-state index in [1.54, 1.807) is 25.1 Å². The van der Waals surface area contributed by atoms with Crippen LogP contribution < -0.4 is 14.8 Å². The summed E-state index contributed by atoms with van der Waals surface area (Å²) in [6, 6.07) is 6.39. The maximum atomic E-state index is 12.7. The molecule has 0 radical (unpaired) electrons. The van der Waals surface area contributed by atoms with Crippen molar-refractivity contribution in [1.82, 2.24) is 15.4 Å². The number of nitrogens with one attached hydrogen (secondary N) is 1. The van der Waals surface area contributed by atoms with Crippen LogP contribution in [0.2, 0.25) is 0 Å². The second kappa shape index (κ2) is 7.51. The fraction of sp³-hybridized carbons (Fsp3) is 0.421. The third kappa shape index (κ3) is 3.79. The van der Waals surface area contributed by atoms with Crippen molar-refractivity contribution in [2.75, 3.05) is 13.3 Å². The van der Waals surface area contributed by atoms with Crippen molar-refractivity contribution in [2.45, 2.75) is 38.5 Å². The number of ether oxygens (including phenoxy) is 2. The lowest BCUT2D eigenvalue weighted by molar-refractivity contribution is -0.138. The van der Waals surface area contributed by atoms with Crippen LogP contribution in [-0.2, 0) is 22.6 Å². The lowest BCUT2D eigenvalue weighted by Gasteiger charge is -2.23. The number of hydrogen-bond donors (Lipinski definition) is 2. The second-order valence-electron chi connectivity index (χ2n) is 6.97. The van der Waals surface area contributed by atoms with E-state index < -0.39 is 12.1 Å². The van der Waals surface area contributed by atoms with E-state index in [1.807, 2.05) is 6.07 Å². The third-order valence-electron chi connectivity index (χ3n) is 4.81. The quantitative estimate of drug-likeness (QED) is 0.769. The van der Waals surface area contributed by atoms with Crippen LogP contribution in [0.25, 0.3) is 0 Å². The van der Waals surface area contributed by atoms with Crippen LogP contribution in [0.5, 0.6) is 11.5 Å². The smallest absolute Gasteiger partial charge is 0.243 e. The minimum absolute atomic E-state index is 0.000495. The summed E-state index contributed by atoms with van der Waals surface area (Å²) >= 11 is 0. The summed E-state index contributed by atoms with van der Waals surface area (Å²) in [4.78, 5) is 26.7. The highest BCUT2D eigenvalue weighted by Crippen LogP contribution is 2.32. The molecule has 2 aliphatic rings. The van der Waals surface area contributed by atoms with Crippen LogP contribution in [0.3, 0.4) is 0 Å². The number of fused-ring (bicyclic) bond motifs is 1. The predicted molar refractivity (Wildman–Crippen MR) is 95.5 cm³/mol. The lowest BCUT2D eigenvalue weighted by Crippen LogP contribution is -2.46. The molecule has 0 bridgehead atoms. The van der Waals surface area contributed by atoms with Gasteiger partial charge in [-0.15, -0.1) is 0 Å². The minimum Gasteiger partial charge on any atom is -0.454 e. The topological polar surface area (TPSA) is 114 Å². The van der Waals surface area contributed by atoms with Crippen molar-refractivity contribution in [1.29, 1.82) is 0 Å². The highest BCUT2D eigenvalue weighted by atomic mass is 16.7. The molecule has 9 heteroatoms. The molecule has 0 saturated carbocycles. The zero-order valence-electron chi connectivity index (χ0n) is 15.4. The van der Waals surface area contributed by atoms with E-state index in [2.05, 4.69) is 10.5 Å². The first-order valence-corrected chi connectivity index (χ1v) is 9.05. The predicted octanol–water partition coefficient (Wildman–Crippen LogP) is 0.532. The third-order valence-corrected chi connectivity index (χ3v) is 4.81. The van der Waals surface area contributed by atoms with Crippen molar-refractivity contribution >= 4 is 11.8 Å². The van der Waals surface area contributed by atoms with Crippen LogP contribution in [0.4, 0.5) is 0 Å². The van der Waals surface area contributed by atoms with Gasteiger partial charge in [-0.25, -0.2) is 0 Å². The first kappa shape index (κ1) is 18.3. The molecule has 1 fully saturated rings. The average molecular weight is 387 g/mol. The number of aliphatic hydroxyl groups is 1. The molecule has 148 valence electrons. The van der Waals surface area contributed by atoms with E-state index in [4.69, 9.17) is 14.0 Å².